The molecule has 0 aromatic carbocycles. The molecule has 0 aromatic rings. The lowest BCUT2D eigenvalue weighted by Gasteiger charge is -2.28. The maximum absolute atomic E-state index is 11.6. The van der Waals surface area contributed by atoms with Gasteiger partial charge in [0.1, 0.15) is 0 Å². The Bertz CT molecular complexity index is 452. The normalized spacial score (nSPS) is 34.2. The van der Waals surface area contributed by atoms with Gasteiger partial charge in [-0.05, 0) is 36.9 Å². The number of methoxy groups -OCH3 is 1. The van der Waals surface area contributed by atoms with Crippen LogP contribution in [0.3, 0.4) is 0 Å². The second-order valence-corrected chi connectivity index (χ2v) is 10.0. The molecule has 0 heterocycles. The Morgan fingerprint density at radius 1 is 1.32 bits per heavy atom. The molecule has 2 unspecified atom stereocenters. The third-order valence-corrected chi connectivity index (χ3v) is 6.74. The standard InChI is InChI=1S/C11H23BO7P2S/c1-4-18-21(15,22)19-10-8(5-6-20(13,14)17-3)7-9(12)11(10)16-2/h8-11H,4-7H2,1-3H3,(H,13,14)(H,15,22)/t8-,9+,10+,11-,21?/m0/s1. The first-order chi connectivity index (χ1) is 10.2. The van der Waals surface area contributed by atoms with Gasteiger partial charge in [0.05, 0.1) is 32.8 Å². The molecule has 6 atom stereocenters. The largest absolute Gasteiger partial charge is 0.379 e. The van der Waals surface area contributed by atoms with Crippen LogP contribution in [-0.4, -0.2) is 56.8 Å². The monoisotopic (exact) mass is 372 g/mol. The van der Waals surface area contributed by atoms with Gasteiger partial charge in [0, 0.05) is 14.2 Å². The fourth-order valence-corrected chi connectivity index (χ4v) is 5.08. The smallest absolute Gasteiger partial charge is 0.327 e. The van der Waals surface area contributed by atoms with Crippen molar-refractivity contribution in [3.05, 3.63) is 0 Å². The minimum absolute atomic E-state index is 0.0277. The van der Waals surface area contributed by atoms with Gasteiger partial charge in [-0.15, -0.1) is 0 Å². The van der Waals surface area contributed by atoms with Gasteiger partial charge in [0.25, 0.3) is 0 Å². The lowest BCUT2D eigenvalue weighted by atomic mass is 9.83. The van der Waals surface area contributed by atoms with E-state index in [2.05, 4.69) is 4.52 Å². The Hall–Kier alpha value is 0.705. The van der Waals surface area contributed by atoms with Crippen LogP contribution in [-0.2, 0) is 34.7 Å². The average Bonchev–Trinajstić information content (AvgIpc) is 2.71. The molecule has 0 aliphatic heterocycles. The third-order valence-electron chi connectivity index (χ3n) is 3.67. The van der Waals surface area contributed by atoms with Crippen LogP contribution < -0.4 is 0 Å². The van der Waals surface area contributed by atoms with Gasteiger partial charge in [-0.1, -0.05) is 6.42 Å². The van der Waals surface area contributed by atoms with Crippen molar-refractivity contribution in [2.75, 3.05) is 27.0 Å². The molecular weight excluding hydrogens is 349 g/mol. The first-order valence-electron chi connectivity index (χ1n) is 6.97. The molecule has 1 rings (SSSR count). The van der Waals surface area contributed by atoms with E-state index in [0.29, 0.717) is 12.8 Å². The number of rotatable bonds is 9. The van der Waals surface area contributed by atoms with Crippen molar-refractivity contribution in [1.82, 2.24) is 0 Å². The van der Waals surface area contributed by atoms with Crippen LogP contribution in [0.2, 0.25) is 5.82 Å². The SMILES string of the molecule is [B][C@@H]1C[C@H](CCP(=O)(O)OC)[C@@H](OP(O)(=S)OCC)[C@H]1OC. The Morgan fingerprint density at radius 2 is 1.95 bits per heavy atom. The second-order valence-electron chi connectivity index (χ2n) is 5.15. The average molecular weight is 372 g/mol. The van der Waals surface area contributed by atoms with Crippen molar-refractivity contribution in [3.63, 3.8) is 0 Å². The fraction of sp³-hybridized carbons (Fsp3) is 1.00. The molecule has 22 heavy (non-hydrogen) atoms. The molecule has 128 valence electrons. The van der Waals surface area contributed by atoms with Crippen LogP contribution >= 0.6 is 14.3 Å². The van der Waals surface area contributed by atoms with Crippen LogP contribution in [0.15, 0.2) is 0 Å². The predicted molar refractivity (Wildman–Crippen MR) is 87.7 cm³/mol. The van der Waals surface area contributed by atoms with E-state index in [4.69, 9.17) is 33.4 Å². The summed E-state index contributed by atoms with van der Waals surface area (Å²) in [5.41, 5.74) is 0. The molecule has 7 nitrogen and oxygen atoms in total. The highest BCUT2D eigenvalue weighted by Crippen LogP contribution is 2.52. The van der Waals surface area contributed by atoms with Gasteiger partial charge < -0.3 is 28.1 Å². The minimum Gasteiger partial charge on any atom is -0.379 e. The number of hydrogen-bond donors (Lipinski definition) is 2. The van der Waals surface area contributed by atoms with Crippen LogP contribution in [0, 0.1) is 5.92 Å². The molecule has 0 bridgehead atoms. The molecule has 0 amide bonds. The van der Waals surface area contributed by atoms with Gasteiger partial charge in [0.15, 0.2) is 0 Å². The number of hydrogen-bond acceptors (Lipinski definition) is 6. The summed E-state index contributed by atoms with van der Waals surface area (Å²) in [5, 5.41) is 0. The molecular formula is C11H23BO7P2S. The van der Waals surface area contributed by atoms with Crippen molar-refractivity contribution in [2.24, 2.45) is 5.92 Å². The van der Waals surface area contributed by atoms with E-state index in [9.17, 15) is 14.4 Å². The second kappa shape index (κ2) is 8.70. The highest BCUT2D eigenvalue weighted by molar-refractivity contribution is 8.07. The zero-order chi connectivity index (χ0) is 17.0. The van der Waals surface area contributed by atoms with Gasteiger partial charge >= 0.3 is 14.3 Å². The molecule has 2 radical (unpaired) electrons. The summed E-state index contributed by atoms with van der Waals surface area (Å²) in [6.45, 7) is -1.46. The van der Waals surface area contributed by atoms with Crippen molar-refractivity contribution < 1.29 is 32.7 Å². The highest BCUT2D eigenvalue weighted by Gasteiger charge is 2.44. The summed E-state index contributed by atoms with van der Waals surface area (Å²) in [5.74, 6) is -0.484. The van der Waals surface area contributed by atoms with Gasteiger partial charge in [-0.25, -0.2) is 0 Å². The molecule has 1 fully saturated rings. The van der Waals surface area contributed by atoms with Gasteiger partial charge in [-0.2, -0.15) is 0 Å². The Morgan fingerprint density at radius 3 is 2.45 bits per heavy atom. The first-order valence-corrected chi connectivity index (χ1v) is 11.3. The van der Waals surface area contributed by atoms with Crippen molar-refractivity contribution in [2.45, 2.75) is 37.8 Å². The third kappa shape index (κ3) is 5.97. The summed E-state index contributed by atoms with van der Waals surface area (Å²) in [4.78, 5) is 19.5. The number of ether oxygens (including phenoxy) is 1. The fourth-order valence-electron chi connectivity index (χ4n) is 2.63. The molecule has 1 aliphatic rings. The summed E-state index contributed by atoms with van der Waals surface area (Å²) in [7, 11) is 5.10. The topological polar surface area (TPSA) is 94.5 Å². The van der Waals surface area contributed by atoms with Crippen molar-refractivity contribution >= 4 is 34.0 Å². The molecule has 11 heteroatoms. The van der Waals surface area contributed by atoms with E-state index in [1.54, 1.807) is 6.92 Å². The lowest BCUT2D eigenvalue weighted by molar-refractivity contribution is -0.00317. The van der Waals surface area contributed by atoms with Gasteiger partial charge in [0.2, 0.25) is 0 Å². The summed E-state index contributed by atoms with van der Waals surface area (Å²) in [6, 6.07) is 0. The minimum atomic E-state index is -3.61. The predicted octanol–water partition coefficient (Wildman–Crippen LogP) is 1.84. The van der Waals surface area contributed by atoms with E-state index >= 15 is 0 Å². The van der Waals surface area contributed by atoms with Crippen molar-refractivity contribution in [1.29, 1.82) is 0 Å². The molecule has 0 saturated heterocycles. The zero-order valence-electron chi connectivity index (χ0n) is 13.0. The zero-order valence-corrected chi connectivity index (χ0v) is 15.6. The maximum Gasteiger partial charge on any atom is 0.327 e. The summed E-state index contributed by atoms with van der Waals surface area (Å²) < 4.78 is 32.2. The van der Waals surface area contributed by atoms with Crippen LogP contribution in [0.1, 0.15) is 19.8 Å². The highest BCUT2D eigenvalue weighted by atomic mass is 32.5. The lowest BCUT2D eigenvalue weighted by Crippen LogP contribution is -2.31. The van der Waals surface area contributed by atoms with E-state index < -0.39 is 26.5 Å². The Labute approximate surface area is 137 Å². The quantitative estimate of drug-likeness (QED) is 0.468. The molecule has 2 N–H and O–H groups in total. The Balaban J connectivity index is 2.81. The maximum atomic E-state index is 11.6. The Kier molecular flexibility index (Phi) is 8.20. The molecule has 0 spiro atoms. The molecule has 1 aliphatic carbocycles. The molecule has 0 aromatic heterocycles. The van der Waals surface area contributed by atoms with Crippen LogP contribution in [0.25, 0.3) is 0 Å². The molecule has 1 saturated carbocycles. The van der Waals surface area contributed by atoms with Crippen molar-refractivity contribution in [3.8, 4) is 0 Å². The van der Waals surface area contributed by atoms with E-state index in [0.717, 1.165) is 0 Å². The van der Waals surface area contributed by atoms with Crippen LogP contribution in [0.4, 0.5) is 0 Å². The first kappa shape index (κ1) is 20.7. The van der Waals surface area contributed by atoms with Gasteiger partial charge in [-0.3, -0.25) is 4.57 Å². The summed E-state index contributed by atoms with van der Waals surface area (Å²) in [6.07, 6.45) is -0.185. The summed E-state index contributed by atoms with van der Waals surface area (Å²) >= 11 is 4.95. The van der Waals surface area contributed by atoms with E-state index in [-0.39, 0.29) is 24.5 Å². The van der Waals surface area contributed by atoms with E-state index in [1.165, 1.54) is 14.2 Å². The van der Waals surface area contributed by atoms with E-state index in [1.807, 2.05) is 0 Å². The van der Waals surface area contributed by atoms with Crippen LogP contribution in [0.5, 0.6) is 0 Å².